The fourth-order valence-corrected chi connectivity index (χ4v) is 0.756. The highest BCUT2D eigenvalue weighted by atomic mass is 35.5. The zero-order valence-electron chi connectivity index (χ0n) is 5.18. The van der Waals surface area contributed by atoms with E-state index < -0.39 is 12.7 Å². The molecule has 2 nitrogen and oxygen atoms in total. The third-order valence-electron chi connectivity index (χ3n) is 1.13. The average Bonchev–Trinajstić information content (AvgIpc) is 2.34. The van der Waals surface area contributed by atoms with E-state index >= 15 is 0 Å². The lowest BCUT2D eigenvalue weighted by atomic mass is 10.3. The number of furan rings is 1. The van der Waals surface area contributed by atoms with Gasteiger partial charge in [-0.15, -0.1) is 0 Å². The summed E-state index contributed by atoms with van der Waals surface area (Å²) in [6, 6.07) is 2.41. The van der Waals surface area contributed by atoms with Gasteiger partial charge in [-0.1, -0.05) is 0 Å². The second-order valence-corrected chi connectivity index (χ2v) is 2.28. The Kier molecular flexibility index (Phi) is 2.29. The van der Waals surface area contributed by atoms with Crippen LogP contribution < -0.4 is 5.73 Å². The summed E-state index contributed by atoms with van der Waals surface area (Å²) in [5, 5.41) is 0.235. The molecule has 2 N–H and O–H groups in total. The van der Waals surface area contributed by atoms with Crippen LogP contribution in [0.1, 0.15) is 11.8 Å². The van der Waals surface area contributed by atoms with Gasteiger partial charge in [0.15, 0.2) is 5.22 Å². The van der Waals surface area contributed by atoms with E-state index in [2.05, 4.69) is 0 Å². The van der Waals surface area contributed by atoms with E-state index in [1.54, 1.807) is 6.07 Å². The number of alkyl halides is 1. The number of rotatable bonds is 2. The Bertz CT molecular complexity index is 213. The van der Waals surface area contributed by atoms with Gasteiger partial charge in [0.05, 0.1) is 6.04 Å². The summed E-state index contributed by atoms with van der Waals surface area (Å²) in [6.07, 6.45) is 0. The summed E-state index contributed by atoms with van der Waals surface area (Å²) in [6.45, 7) is -0.635. The zero-order valence-corrected chi connectivity index (χ0v) is 5.94. The van der Waals surface area contributed by atoms with E-state index in [0.717, 1.165) is 0 Å². The third kappa shape index (κ3) is 1.49. The van der Waals surface area contributed by atoms with Gasteiger partial charge in [0.2, 0.25) is 0 Å². The van der Waals surface area contributed by atoms with E-state index in [0.29, 0.717) is 5.76 Å². The molecule has 0 aromatic carbocycles. The average molecular weight is 164 g/mol. The van der Waals surface area contributed by atoms with E-state index in [-0.39, 0.29) is 5.22 Å². The second kappa shape index (κ2) is 3.03. The molecule has 56 valence electrons. The summed E-state index contributed by atoms with van der Waals surface area (Å²) in [4.78, 5) is 0. The fourth-order valence-electron chi connectivity index (χ4n) is 0.604. The van der Waals surface area contributed by atoms with E-state index in [4.69, 9.17) is 21.8 Å². The summed E-state index contributed by atoms with van der Waals surface area (Å²) >= 11 is 5.42. The molecular weight excluding hydrogens is 157 g/mol. The minimum absolute atomic E-state index is 0.235. The molecule has 10 heavy (non-hydrogen) atoms. The van der Waals surface area contributed by atoms with Crippen LogP contribution in [0.5, 0.6) is 0 Å². The molecule has 1 aromatic rings. The fraction of sp³-hybridized carbons (Fsp3) is 0.333. The van der Waals surface area contributed by atoms with Crippen LogP contribution in [0, 0.1) is 0 Å². The first-order valence-corrected chi connectivity index (χ1v) is 3.18. The first-order valence-electron chi connectivity index (χ1n) is 2.81. The molecule has 1 atom stereocenters. The Morgan fingerprint density at radius 2 is 2.40 bits per heavy atom. The van der Waals surface area contributed by atoms with Crippen LogP contribution in [0.4, 0.5) is 4.39 Å². The quantitative estimate of drug-likeness (QED) is 0.723. The summed E-state index contributed by atoms with van der Waals surface area (Å²) in [7, 11) is 0. The number of nitrogens with two attached hydrogens (primary N) is 1. The predicted molar refractivity (Wildman–Crippen MR) is 36.6 cm³/mol. The van der Waals surface area contributed by atoms with Crippen molar-refractivity contribution in [2.45, 2.75) is 6.04 Å². The van der Waals surface area contributed by atoms with Crippen molar-refractivity contribution in [3.05, 3.63) is 23.1 Å². The first-order chi connectivity index (χ1) is 4.74. The molecule has 0 aliphatic rings. The lowest BCUT2D eigenvalue weighted by molar-refractivity contribution is 0.381. The van der Waals surface area contributed by atoms with Crippen molar-refractivity contribution in [3.63, 3.8) is 0 Å². The summed E-state index contributed by atoms with van der Waals surface area (Å²) < 4.78 is 16.7. The molecule has 1 rings (SSSR count). The van der Waals surface area contributed by atoms with Crippen molar-refractivity contribution in [1.29, 1.82) is 0 Å². The topological polar surface area (TPSA) is 39.2 Å². The van der Waals surface area contributed by atoms with Gasteiger partial charge in [-0.05, 0) is 23.7 Å². The van der Waals surface area contributed by atoms with Gasteiger partial charge in [0.25, 0.3) is 0 Å². The van der Waals surface area contributed by atoms with Crippen LogP contribution in [0.25, 0.3) is 0 Å². The van der Waals surface area contributed by atoms with Crippen molar-refractivity contribution in [1.82, 2.24) is 0 Å². The van der Waals surface area contributed by atoms with E-state index in [9.17, 15) is 4.39 Å². The minimum Gasteiger partial charge on any atom is -0.448 e. The molecule has 0 bridgehead atoms. The Hall–Kier alpha value is -0.540. The number of hydrogen-bond acceptors (Lipinski definition) is 2. The standard InChI is InChI=1S/C6H7ClFNO/c7-6-2-1-5(10-6)4(9)3-8/h1-2,4H,3,9H2/t4-/m0/s1. The van der Waals surface area contributed by atoms with Crippen LogP contribution >= 0.6 is 11.6 Å². The summed E-state index contributed by atoms with van der Waals surface area (Å²) in [5.41, 5.74) is 5.28. The molecule has 0 fully saturated rings. The molecule has 0 aliphatic carbocycles. The third-order valence-corrected chi connectivity index (χ3v) is 1.33. The van der Waals surface area contributed by atoms with Crippen molar-refractivity contribution in [2.24, 2.45) is 5.73 Å². The van der Waals surface area contributed by atoms with Crippen molar-refractivity contribution in [2.75, 3.05) is 6.67 Å². The zero-order chi connectivity index (χ0) is 7.56. The maximum Gasteiger partial charge on any atom is 0.193 e. The number of halogens is 2. The SMILES string of the molecule is N[C@@H](CF)c1ccc(Cl)o1. The Balaban J connectivity index is 2.74. The highest BCUT2D eigenvalue weighted by Crippen LogP contribution is 2.18. The van der Waals surface area contributed by atoms with E-state index in [1.165, 1.54) is 6.07 Å². The van der Waals surface area contributed by atoms with Crippen LogP contribution in [-0.2, 0) is 0 Å². The van der Waals surface area contributed by atoms with Crippen molar-refractivity contribution in [3.8, 4) is 0 Å². The van der Waals surface area contributed by atoms with Gasteiger partial charge < -0.3 is 10.2 Å². The van der Waals surface area contributed by atoms with Crippen LogP contribution in [0.2, 0.25) is 5.22 Å². The minimum atomic E-state index is -0.688. The van der Waals surface area contributed by atoms with E-state index in [1.807, 2.05) is 0 Å². The van der Waals surface area contributed by atoms with Crippen molar-refractivity contribution < 1.29 is 8.81 Å². The largest absolute Gasteiger partial charge is 0.448 e. The molecule has 1 aromatic heterocycles. The van der Waals surface area contributed by atoms with Crippen LogP contribution in [0.15, 0.2) is 16.5 Å². The molecule has 0 aliphatic heterocycles. The maximum atomic E-state index is 11.9. The Morgan fingerprint density at radius 3 is 2.80 bits per heavy atom. The van der Waals surface area contributed by atoms with Gasteiger partial charge in [-0.25, -0.2) is 4.39 Å². The number of hydrogen-bond donors (Lipinski definition) is 1. The highest BCUT2D eigenvalue weighted by molar-refractivity contribution is 6.28. The summed E-state index contributed by atoms with van der Waals surface area (Å²) in [5.74, 6) is 0.382. The first kappa shape index (κ1) is 7.57. The van der Waals surface area contributed by atoms with Crippen LogP contribution in [0.3, 0.4) is 0 Å². The van der Waals surface area contributed by atoms with Gasteiger partial charge >= 0.3 is 0 Å². The van der Waals surface area contributed by atoms with Gasteiger partial charge in [0.1, 0.15) is 12.4 Å². The van der Waals surface area contributed by atoms with Crippen molar-refractivity contribution >= 4 is 11.6 Å². The van der Waals surface area contributed by atoms with Crippen LogP contribution in [-0.4, -0.2) is 6.67 Å². The molecule has 0 radical (unpaired) electrons. The molecule has 1 heterocycles. The molecule has 0 saturated carbocycles. The molecule has 4 heteroatoms. The lowest BCUT2D eigenvalue weighted by Crippen LogP contribution is -2.10. The molecule has 0 saturated heterocycles. The second-order valence-electron chi connectivity index (χ2n) is 1.90. The normalized spacial score (nSPS) is 13.5. The molecule has 0 amide bonds. The monoisotopic (exact) mass is 163 g/mol. The lowest BCUT2D eigenvalue weighted by Gasteiger charge is -1.99. The Morgan fingerprint density at radius 1 is 1.70 bits per heavy atom. The molecule has 0 spiro atoms. The molecular formula is C6H7ClFNO. The maximum absolute atomic E-state index is 11.9. The Labute approximate surface area is 62.8 Å². The predicted octanol–water partition coefficient (Wildman–Crippen LogP) is 1.90. The van der Waals surface area contributed by atoms with Gasteiger partial charge in [-0.2, -0.15) is 0 Å². The molecule has 0 unspecified atom stereocenters. The van der Waals surface area contributed by atoms with Gasteiger partial charge in [-0.3, -0.25) is 0 Å². The van der Waals surface area contributed by atoms with Gasteiger partial charge in [0, 0.05) is 0 Å². The smallest absolute Gasteiger partial charge is 0.193 e. The highest BCUT2D eigenvalue weighted by Gasteiger charge is 2.08.